The lowest BCUT2D eigenvalue weighted by molar-refractivity contribution is 0.655. The van der Waals surface area contributed by atoms with E-state index >= 15 is 0 Å². The molecule has 0 spiro atoms. The molecule has 5 nitrogen and oxygen atoms in total. The number of aromatic nitrogens is 4. The minimum Gasteiger partial charge on any atom is -0.307 e. The predicted molar refractivity (Wildman–Crippen MR) is 73.6 cm³/mol. The van der Waals surface area contributed by atoms with Gasteiger partial charge in [0.25, 0.3) is 5.56 Å². The summed E-state index contributed by atoms with van der Waals surface area (Å²) in [6.07, 6.45) is 9.43. The molecule has 98 valence electrons. The molecule has 0 unspecified atom stereocenters. The summed E-state index contributed by atoms with van der Waals surface area (Å²) >= 11 is 0. The third kappa shape index (κ3) is 2.36. The molecule has 2 heterocycles. The molecule has 1 aliphatic rings. The lowest BCUT2D eigenvalue weighted by atomic mass is 9.97. The summed E-state index contributed by atoms with van der Waals surface area (Å²) in [6, 6.07) is 1.91. The highest BCUT2D eigenvalue weighted by Gasteiger charge is 2.14. The molecule has 3 rings (SSSR count). The zero-order valence-electron chi connectivity index (χ0n) is 10.9. The van der Waals surface area contributed by atoms with Crippen LogP contribution in [-0.4, -0.2) is 19.7 Å². The summed E-state index contributed by atoms with van der Waals surface area (Å²) in [5.41, 5.74) is 2.80. The van der Waals surface area contributed by atoms with Crippen molar-refractivity contribution < 1.29 is 0 Å². The summed E-state index contributed by atoms with van der Waals surface area (Å²) in [5.74, 6) is 0.617. The normalized spacial score (nSPS) is 14.8. The van der Waals surface area contributed by atoms with E-state index in [0.29, 0.717) is 5.82 Å². The molecule has 0 atom stereocenters. The van der Waals surface area contributed by atoms with E-state index in [4.69, 9.17) is 0 Å². The van der Waals surface area contributed by atoms with Crippen molar-refractivity contribution in [3.8, 4) is 0 Å². The van der Waals surface area contributed by atoms with Crippen LogP contribution in [0.3, 0.4) is 0 Å². The Labute approximate surface area is 111 Å². The first-order chi connectivity index (χ1) is 9.24. The summed E-state index contributed by atoms with van der Waals surface area (Å²) in [7, 11) is 1.88. The summed E-state index contributed by atoms with van der Waals surface area (Å²) in [4.78, 5) is 19.3. The van der Waals surface area contributed by atoms with E-state index in [1.807, 2.05) is 25.3 Å². The van der Waals surface area contributed by atoms with Crippen LogP contribution in [0.1, 0.15) is 35.6 Å². The van der Waals surface area contributed by atoms with Gasteiger partial charge in [-0.05, 0) is 43.9 Å². The molecule has 0 fully saturated rings. The molecule has 0 radical (unpaired) electrons. The zero-order valence-corrected chi connectivity index (χ0v) is 10.9. The van der Waals surface area contributed by atoms with Crippen LogP contribution >= 0.6 is 0 Å². The van der Waals surface area contributed by atoms with Crippen molar-refractivity contribution in [3.05, 3.63) is 45.4 Å². The number of fused-ring (bicyclic) bond motifs is 1. The topological polar surface area (TPSA) is 63.6 Å². The summed E-state index contributed by atoms with van der Waals surface area (Å²) < 4.78 is 1.77. The van der Waals surface area contributed by atoms with Gasteiger partial charge in [-0.2, -0.15) is 5.10 Å². The second-order valence-corrected chi connectivity index (χ2v) is 4.80. The monoisotopic (exact) mass is 256 g/mol. The Hall–Kier alpha value is -2.17. The largest absolute Gasteiger partial charge is 0.307 e. The first-order valence-electron chi connectivity index (χ1n) is 6.52. The van der Waals surface area contributed by atoms with Crippen molar-refractivity contribution in [2.45, 2.75) is 25.7 Å². The van der Waals surface area contributed by atoms with Gasteiger partial charge in [-0.25, -0.2) is 4.98 Å². The highest BCUT2D eigenvalue weighted by atomic mass is 16.1. The quantitative estimate of drug-likeness (QED) is 0.886. The molecule has 0 amide bonds. The average Bonchev–Trinajstić information content (AvgIpc) is 2.82. The van der Waals surface area contributed by atoms with E-state index in [1.165, 1.54) is 0 Å². The molecule has 1 N–H and O–H groups in total. The Morgan fingerprint density at radius 2 is 2.16 bits per heavy atom. The van der Waals surface area contributed by atoms with E-state index in [9.17, 15) is 4.79 Å². The van der Waals surface area contributed by atoms with Gasteiger partial charge in [0, 0.05) is 18.8 Å². The Kier molecular flexibility index (Phi) is 3.03. The smallest absolute Gasteiger partial charge is 0.254 e. The molecular weight excluding hydrogens is 240 g/mol. The molecular formula is C14H16N4O. The van der Waals surface area contributed by atoms with Crippen LogP contribution in [0, 0.1) is 0 Å². The number of hydrogen-bond donors (Lipinski definition) is 1. The van der Waals surface area contributed by atoms with Crippen LogP contribution in [0.4, 0.5) is 0 Å². The molecule has 0 bridgehead atoms. The summed E-state index contributed by atoms with van der Waals surface area (Å²) in [6.45, 7) is 0. The molecule has 0 aliphatic heterocycles. The maximum atomic E-state index is 12.0. The number of aryl methyl sites for hydroxylation is 2. The van der Waals surface area contributed by atoms with Gasteiger partial charge in [0.1, 0.15) is 5.82 Å². The minimum atomic E-state index is 0.00866. The fourth-order valence-corrected chi connectivity index (χ4v) is 2.41. The third-order valence-electron chi connectivity index (χ3n) is 3.48. The summed E-state index contributed by atoms with van der Waals surface area (Å²) in [5, 5.41) is 4.09. The molecule has 0 aromatic carbocycles. The van der Waals surface area contributed by atoms with Gasteiger partial charge in [0.15, 0.2) is 0 Å². The van der Waals surface area contributed by atoms with Crippen molar-refractivity contribution in [1.82, 2.24) is 19.7 Å². The van der Waals surface area contributed by atoms with Crippen molar-refractivity contribution in [1.29, 1.82) is 0 Å². The average molecular weight is 256 g/mol. The Bertz CT molecular complexity index is 681. The maximum absolute atomic E-state index is 12.0. The van der Waals surface area contributed by atoms with Gasteiger partial charge in [-0.3, -0.25) is 9.48 Å². The Balaban J connectivity index is 1.94. The molecule has 0 saturated heterocycles. The lowest BCUT2D eigenvalue weighted by Crippen LogP contribution is -2.21. The van der Waals surface area contributed by atoms with Crippen LogP contribution in [0.5, 0.6) is 0 Å². The second-order valence-electron chi connectivity index (χ2n) is 4.80. The molecule has 2 aromatic rings. The number of aromatic amines is 1. The number of hydrogen-bond acceptors (Lipinski definition) is 3. The van der Waals surface area contributed by atoms with E-state index < -0.39 is 0 Å². The second kappa shape index (κ2) is 4.84. The predicted octanol–water partition coefficient (Wildman–Crippen LogP) is 1.55. The number of nitrogens with one attached hydrogen (secondary N) is 1. The Morgan fingerprint density at radius 1 is 1.32 bits per heavy atom. The third-order valence-corrected chi connectivity index (χ3v) is 3.48. The van der Waals surface area contributed by atoms with Crippen LogP contribution < -0.4 is 5.56 Å². The van der Waals surface area contributed by atoms with Crippen LogP contribution in [-0.2, 0) is 19.9 Å². The minimum absolute atomic E-state index is 0.00866. The number of H-pyrrole nitrogens is 1. The first-order valence-corrected chi connectivity index (χ1v) is 6.52. The van der Waals surface area contributed by atoms with Gasteiger partial charge in [-0.1, -0.05) is 0 Å². The lowest BCUT2D eigenvalue weighted by Gasteiger charge is -2.13. The fraction of sp³-hybridized carbons (Fsp3) is 0.357. The van der Waals surface area contributed by atoms with Crippen molar-refractivity contribution in [2.75, 3.05) is 0 Å². The van der Waals surface area contributed by atoms with Gasteiger partial charge in [0.2, 0.25) is 0 Å². The maximum Gasteiger partial charge on any atom is 0.254 e. The van der Waals surface area contributed by atoms with Gasteiger partial charge in [-0.15, -0.1) is 0 Å². The van der Waals surface area contributed by atoms with Crippen LogP contribution in [0.2, 0.25) is 0 Å². The van der Waals surface area contributed by atoms with Crippen LogP contribution in [0.25, 0.3) is 12.2 Å². The van der Waals surface area contributed by atoms with Crippen LogP contribution in [0.15, 0.2) is 17.1 Å². The molecule has 19 heavy (non-hydrogen) atoms. The Morgan fingerprint density at radius 3 is 2.95 bits per heavy atom. The van der Waals surface area contributed by atoms with E-state index in [1.54, 1.807) is 10.9 Å². The SMILES string of the molecule is Cn1nccc1C=Cc1nc2c(c(=O)[nH]1)CCCC2. The fourth-order valence-electron chi connectivity index (χ4n) is 2.41. The van der Waals surface area contributed by atoms with E-state index in [0.717, 1.165) is 42.6 Å². The standard InChI is InChI=1S/C14H16N4O/c1-18-10(8-9-15-18)6-7-13-16-12-5-3-2-4-11(12)14(19)17-13/h6-9H,2-5H2,1H3,(H,16,17,19). The van der Waals surface area contributed by atoms with Gasteiger partial charge >= 0.3 is 0 Å². The number of nitrogens with zero attached hydrogens (tertiary/aromatic N) is 3. The van der Waals surface area contributed by atoms with Gasteiger partial charge in [0.05, 0.1) is 11.4 Å². The molecule has 1 aliphatic carbocycles. The van der Waals surface area contributed by atoms with Crippen molar-refractivity contribution in [2.24, 2.45) is 7.05 Å². The first kappa shape index (κ1) is 11.9. The molecule has 5 heteroatoms. The van der Waals surface area contributed by atoms with E-state index in [2.05, 4.69) is 15.1 Å². The number of rotatable bonds is 2. The van der Waals surface area contributed by atoms with Crippen molar-refractivity contribution in [3.63, 3.8) is 0 Å². The van der Waals surface area contributed by atoms with Gasteiger partial charge < -0.3 is 4.98 Å². The highest BCUT2D eigenvalue weighted by molar-refractivity contribution is 5.64. The van der Waals surface area contributed by atoms with E-state index in [-0.39, 0.29) is 5.56 Å². The zero-order chi connectivity index (χ0) is 13.2. The van der Waals surface area contributed by atoms with Crippen molar-refractivity contribution >= 4 is 12.2 Å². The molecule has 2 aromatic heterocycles. The highest BCUT2D eigenvalue weighted by Crippen LogP contribution is 2.16. The molecule has 0 saturated carbocycles.